The Morgan fingerprint density at radius 3 is 2.58 bits per heavy atom. The van der Waals surface area contributed by atoms with E-state index in [4.69, 9.17) is 15.2 Å². The monoisotopic (exact) mass is 453 g/mol. The van der Waals surface area contributed by atoms with Crippen molar-refractivity contribution in [3.05, 3.63) is 52.0 Å². The average Bonchev–Trinajstić information content (AvgIpc) is 3.06. The summed E-state index contributed by atoms with van der Waals surface area (Å²) in [4.78, 5) is 27.6. The maximum Gasteiger partial charge on any atom is 0.433 e. The zero-order valence-electron chi connectivity index (χ0n) is 16.5. The molecule has 0 aliphatic rings. The molecule has 0 spiro atoms. The molecule has 1 aromatic carbocycles. The first-order valence-electron chi connectivity index (χ1n) is 8.93. The van der Waals surface area contributed by atoms with Gasteiger partial charge in [-0.15, -0.1) is 11.3 Å². The second-order valence-electron chi connectivity index (χ2n) is 6.53. The highest BCUT2D eigenvalue weighted by Gasteiger charge is 2.33. The molecular weight excluding hydrogens is 435 g/mol. The van der Waals surface area contributed by atoms with E-state index in [1.54, 1.807) is 25.1 Å². The van der Waals surface area contributed by atoms with E-state index < -0.39 is 23.7 Å². The number of carbonyl (C=O) groups is 2. The number of amides is 2. The lowest BCUT2D eigenvalue weighted by molar-refractivity contribution is -0.140. The number of alkyl halides is 3. The number of nitrogens with one attached hydrogen (secondary N) is 1. The van der Waals surface area contributed by atoms with Crippen LogP contribution in [0.15, 0.2) is 30.3 Å². The molecule has 11 heteroatoms. The summed E-state index contributed by atoms with van der Waals surface area (Å²) in [7, 11) is 1.43. The second-order valence-corrected chi connectivity index (χ2v) is 7.53. The number of hydrogen-bond donors (Lipinski definition) is 2. The van der Waals surface area contributed by atoms with Crippen LogP contribution in [0.2, 0.25) is 0 Å². The Labute approximate surface area is 179 Å². The van der Waals surface area contributed by atoms with Crippen molar-refractivity contribution >= 4 is 33.4 Å². The number of thiophene rings is 1. The normalized spacial score (nSPS) is 11.4. The van der Waals surface area contributed by atoms with Crippen LogP contribution >= 0.6 is 11.3 Å². The van der Waals surface area contributed by atoms with E-state index in [1.165, 1.54) is 13.2 Å². The SMILES string of the molecule is COc1cc(CNC(=O)c2sc3nc(C(F)(F)F)ccc3c2C)ccc1OCC(N)=O. The lowest BCUT2D eigenvalue weighted by atomic mass is 10.1. The predicted octanol–water partition coefficient (Wildman–Crippen LogP) is 3.43. The van der Waals surface area contributed by atoms with Crippen molar-refractivity contribution in [1.82, 2.24) is 10.3 Å². The second kappa shape index (κ2) is 8.80. The van der Waals surface area contributed by atoms with Gasteiger partial charge in [0.15, 0.2) is 18.1 Å². The minimum atomic E-state index is -4.55. The highest BCUT2D eigenvalue weighted by molar-refractivity contribution is 7.20. The van der Waals surface area contributed by atoms with E-state index in [9.17, 15) is 22.8 Å². The van der Waals surface area contributed by atoms with Crippen molar-refractivity contribution in [3.63, 3.8) is 0 Å². The number of primary amides is 1. The number of carbonyl (C=O) groups excluding carboxylic acids is 2. The van der Waals surface area contributed by atoms with Crippen LogP contribution in [0.1, 0.15) is 26.5 Å². The van der Waals surface area contributed by atoms with Crippen LogP contribution in [0.3, 0.4) is 0 Å². The van der Waals surface area contributed by atoms with Gasteiger partial charge in [-0.2, -0.15) is 13.2 Å². The molecule has 0 saturated heterocycles. The molecule has 0 fully saturated rings. The van der Waals surface area contributed by atoms with E-state index in [1.807, 2.05) is 0 Å². The quantitative estimate of drug-likeness (QED) is 0.571. The summed E-state index contributed by atoms with van der Waals surface area (Å²) in [5.41, 5.74) is 5.30. The van der Waals surface area contributed by atoms with Crippen molar-refractivity contribution in [2.24, 2.45) is 5.73 Å². The molecule has 0 atom stereocenters. The largest absolute Gasteiger partial charge is 0.493 e. The van der Waals surface area contributed by atoms with Gasteiger partial charge in [0.05, 0.1) is 12.0 Å². The van der Waals surface area contributed by atoms with E-state index in [0.29, 0.717) is 28.0 Å². The molecule has 0 saturated carbocycles. The number of methoxy groups -OCH3 is 1. The van der Waals surface area contributed by atoms with Gasteiger partial charge in [-0.05, 0) is 42.3 Å². The van der Waals surface area contributed by atoms with Crippen molar-refractivity contribution in [1.29, 1.82) is 0 Å². The molecule has 164 valence electrons. The summed E-state index contributed by atoms with van der Waals surface area (Å²) >= 11 is 0.905. The van der Waals surface area contributed by atoms with Crippen LogP contribution in [0.25, 0.3) is 10.2 Å². The fourth-order valence-electron chi connectivity index (χ4n) is 2.83. The van der Waals surface area contributed by atoms with Gasteiger partial charge in [0.25, 0.3) is 11.8 Å². The number of halogens is 3. The van der Waals surface area contributed by atoms with Crippen molar-refractivity contribution < 1.29 is 32.2 Å². The smallest absolute Gasteiger partial charge is 0.433 e. The van der Waals surface area contributed by atoms with Gasteiger partial charge in [0, 0.05) is 11.9 Å². The lowest BCUT2D eigenvalue weighted by Crippen LogP contribution is -2.22. The van der Waals surface area contributed by atoms with Gasteiger partial charge in [0.2, 0.25) is 0 Å². The molecule has 2 amide bonds. The van der Waals surface area contributed by atoms with Gasteiger partial charge >= 0.3 is 6.18 Å². The predicted molar refractivity (Wildman–Crippen MR) is 108 cm³/mol. The molecule has 0 aliphatic heterocycles. The van der Waals surface area contributed by atoms with E-state index in [0.717, 1.165) is 17.4 Å². The standard InChI is InChI=1S/C20H18F3N3O4S/c1-10-12-4-6-15(20(21,22)23)26-19(12)31-17(10)18(28)25-8-11-3-5-13(14(7-11)29-2)30-9-16(24)27/h3-7H,8-9H2,1-2H3,(H2,24,27)(H,25,28). The number of rotatable bonds is 7. The number of benzene rings is 1. The van der Waals surface area contributed by atoms with Crippen LogP contribution in [-0.2, 0) is 17.5 Å². The zero-order valence-corrected chi connectivity index (χ0v) is 17.3. The minimum Gasteiger partial charge on any atom is -0.493 e. The van der Waals surface area contributed by atoms with Crippen molar-refractivity contribution in [3.8, 4) is 11.5 Å². The highest BCUT2D eigenvalue weighted by Crippen LogP contribution is 2.34. The fraction of sp³-hybridized carbons (Fsp3) is 0.250. The number of ether oxygens (including phenoxy) is 2. The Morgan fingerprint density at radius 1 is 1.19 bits per heavy atom. The Bertz CT molecular complexity index is 1140. The maximum absolute atomic E-state index is 12.9. The van der Waals surface area contributed by atoms with E-state index >= 15 is 0 Å². The molecule has 0 bridgehead atoms. The molecule has 0 radical (unpaired) electrons. The Hall–Kier alpha value is -3.34. The summed E-state index contributed by atoms with van der Waals surface area (Å²) in [5.74, 6) is -0.380. The van der Waals surface area contributed by atoms with Gasteiger partial charge in [0.1, 0.15) is 10.5 Å². The van der Waals surface area contributed by atoms with Gasteiger partial charge in [-0.1, -0.05) is 6.07 Å². The topological polar surface area (TPSA) is 104 Å². The first kappa shape index (κ1) is 22.3. The molecule has 3 N–H and O–H groups in total. The summed E-state index contributed by atoms with van der Waals surface area (Å²) in [6, 6.07) is 7.11. The number of aryl methyl sites for hydroxylation is 1. The third-order valence-electron chi connectivity index (χ3n) is 4.35. The van der Waals surface area contributed by atoms with Crippen LogP contribution in [0.5, 0.6) is 11.5 Å². The molecule has 7 nitrogen and oxygen atoms in total. The molecule has 31 heavy (non-hydrogen) atoms. The number of nitrogens with two attached hydrogens (primary N) is 1. The summed E-state index contributed by atoms with van der Waals surface area (Å²) < 4.78 is 49.1. The first-order chi connectivity index (χ1) is 14.6. The molecule has 3 rings (SSSR count). The molecule has 2 aromatic heterocycles. The third-order valence-corrected chi connectivity index (χ3v) is 5.55. The molecule has 2 heterocycles. The third kappa shape index (κ3) is 5.05. The van der Waals surface area contributed by atoms with E-state index in [-0.39, 0.29) is 22.9 Å². The summed E-state index contributed by atoms with van der Waals surface area (Å²) in [5, 5.41) is 3.23. The summed E-state index contributed by atoms with van der Waals surface area (Å²) in [6.07, 6.45) is -4.55. The highest BCUT2D eigenvalue weighted by atomic mass is 32.1. The molecule has 0 unspecified atom stereocenters. The maximum atomic E-state index is 12.9. The summed E-state index contributed by atoms with van der Waals surface area (Å²) in [6.45, 7) is 1.50. The number of fused-ring (bicyclic) bond motifs is 1. The van der Waals surface area contributed by atoms with Crippen molar-refractivity contribution in [2.75, 3.05) is 13.7 Å². The molecular formula is C20H18F3N3O4S. The first-order valence-corrected chi connectivity index (χ1v) is 9.75. The Balaban J connectivity index is 1.75. The number of hydrogen-bond acceptors (Lipinski definition) is 6. The number of pyridine rings is 1. The molecule has 3 aromatic rings. The van der Waals surface area contributed by atoms with Gasteiger partial charge < -0.3 is 20.5 Å². The van der Waals surface area contributed by atoms with Gasteiger partial charge in [-0.25, -0.2) is 4.98 Å². The number of aromatic nitrogens is 1. The average molecular weight is 453 g/mol. The Morgan fingerprint density at radius 2 is 1.94 bits per heavy atom. The van der Waals surface area contributed by atoms with E-state index in [2.05, 4.69) is 10.3 Å². The lowest BCUT2D eigenvalue weighted by Gasteiger charge is -2.11. The zero-order chi connectivity index (χ0) is 22.8. The fourth-order valence-corrected chi connectivity index (χ4v) is 3.92. The minimum absolute atomic E-state index is 0.139. The van der Waals surface area contributed by atoms with Crippen LogP contribution in [0, 0.1) is 6.92 Å². The van der Waals surface area contributed by atoms with Crippen LogP contribution in [-0.4, -0.2) is 30.5 Å². The number of nitrogens with zero attached hydrogens (tertiary/aromatic N) is 1. The Kier molecular flexibility index (Phi) is 6.34. The van der Waals surface area contributed by atoms with Crippen LogP contribution in [0.4, 0.5) is 13.2 Å². The van der Waals surface area contributed by atoms with Gasteiger partial charge in [-0.3, -0.25) is 9.59 Å². The van der Waals surface area contributed by atoms with Crippen LogP contribution < -0.4 is 20.5 Å². The van der Waals surface area contributed by atoms with Crippen molar-refractivity contribution in [2.45, 2.75) is 19.6 Å². The molecule has 0 aliphatic carbocycles.